The molecule has 0 radical (unpaired) electrons. The van der Waals surface area contributed by atoms with Crippen LogP contribution in [0.3, 0.4) is 0 Å². The molecule has 0 spiro atoms. The van der Waals surface area contributed by atoms with Crippen LogP contribution in [0.15, 0.2) is 64.8 Å². The molecule has 0 amide bonds. The predicted octanol–water partition coefficient (Wildman–Crippen LogP) is 3.27. The lowest BCUT2D eigenvalue weighted by atomic mass is 10.1. The summed E-state index contributed by atoms with van der Waals surface area (Å²) in [5.41, 5.74) is 1.18. The van der Waals surface area contributed by atoms with E-state index in [2.05, 4.69) is 10.1 Å². The molecule has 26 heavy (non-hydrogen) atoms. The molecule has 2 heterocycles. The van der Waals surface area contributed by atoms with Crippen LogP contribution in [0.2, 0.25) is 0 Å². The van der Waals surface area contributed by atoms with Crippen molar-refractivity contribution in [3.63, 3.8) is 0 Å². The minimum Gasteiger partial charge on any atom is -0.476 e. The summed E-state index contributed by atoms with van der Waals surface area (Å²) in [5, 5.41) is 16.8. The van der Waals surface area contributed by atoms with Gasteiger partial charge in [-0.2, -0.15) is 5.10 Å². The van der Waals surface area contributed by atoms with E-state index in [1.807, 2.05) is 35.7 Å². The van der Waals surface area contributed by atoms with Crippen LogP contribution < -0.4 is 5.56 Å². The second-order valence-electron chi connectivity index (χ2n) is 5.67. The van der Waals surface area contributed by atoms with Gasteiger partial charge in [0.15, 0.2) is 5.69 Å². The van der Waals surface area contributed by atoms with Gasteiger partial charge in [-0.3, -0.25) is 4.79 Å². The fourth-order valence-electron chi connectivity index (χ4n) is 2.75. The van der Waals surface area contributed by atoms with Crippen LogP contribution in [0.4, 0.5) is 0 Å². The van der Waals surface area contributed by atoms with Crippen molar-refractivity contribution in [2.24, 2.45) is 0 Å². The Labute approximate surface area is 152 Å². The van der Waals surface area contributed by atoms with E-state index in [0.717, 1.165) is 15.3 Å². The van der Waals surface area contributed by atoms with E-state index in [1.165, 1.54) is 11.3 Å². The molecule has 0 saturated heterocycles. The van der Waals surface area contributed by atoms with Gasteiger partial charge in [0.1, 0.15) is 5.01 Å². The highest BCUT2D eigenvalue weighted by Gasteiger charge is 2.16. The highest BCUT2D eigenvalue weighted by atomic mass is 32.1. The van der Waals surface area contributed by atoms with E-state index < -0.39 is 5.97 Å². The van der Waals surface area contributed by atoms with E-state index in [9.17, 15) is 14.7 Å². The predicted molar refractivity (Wildman–Crippen MR) is 99.6 cm³/mol. The van der Waals surface area contributed by atoms with Crippen molar-refractivity contribution < 1.29 is 9.90 Å². The van der Waals surface area contributed by atoms with Crippen molar-refractivity contribution in [3.05, 3.63) is 81.7 Å². The Hall–Kier alpha value is -3.32. The van der Waals surface area contributed by atoms with Crippen molar-refractivity contribution in [2.45, 2.75) is 6.54 Å². The van der Waals surface area contributed by atoms with Gasteiger partial charge in [-0.15, -0.1) is 11.3 Å². The molecule has 6 nitrogen and oxygen atoms in total. The molecule has 2 aromatic carbocycles. The zero-order chi connectivity index (χ0) is 18.1. The minimum absolute atomic E-state index is 0.118. The van der Waals surface area contributed by atoms with Crippen molar-refractivity contribution in [3.8, 4) is 10.6 Å². The SMILES string of the molecule is O=C(O)c1nn(Cc2csc(-c3ccccc3)n2)c(=O)c2ccccc12. The molecular weight excluding hydrogens is 350 g/mol. The third kappa shape index (κ3) is 2.89. The summed E-state index contributed by atoms with van der Waals surface area (Å²) < 4.78 is 1.16. The average molecular weight is 363 g/mol. The summed E-state index contributed by atoms with van der Waals surface area (Å²) in [6.07, 6.45) is 0. The Morgan fingerprint density at radius 2 is 1.73 bits per heavy atom. The van der Waals surface area contributed by atoms with Crippen LogP contribution in [0.1, 0.15) is 16.2 Å². The Morgan fingerprint density at radius 1 is 1.04 bits per heavy atom. The van der Waals surface area contributed by atoms with E-state index in [1.54, 1.807) is 24.3 Å². The average Bonchev–Trinajstić information content (AvgIpc) is 3.13. The van der Waals surface area contributed by atoms with Gasteiger partial charge < -0.3 is 5.11 Å². The molecule has 0 saturated carbocycles. The van der Waals surface area contributed by atoms with Crippen molar-refractivity contribution in [2.75, 3.05) is 0 Å². The zero-order valence-corrected chi connectivity index (χ0v) is 14.3. The first-order chi connectivity index (χ1) is 12.6. The van der Waals surface area contributed by atoms with Gasteiger partial charge in [-0.1, -0.05) is 48.5 Å². The molecule has 7 heteroatoms. The van der Waals surface area contributed by atoms with E-state index in [4.69, 9.17) is 0 Å². The largest absolute Gasteiger partial charge is 0.476 e. The Kier molecular flexibility index (Phi) is 4.06. The van der Waals surface area contributed by atoms with Gasteiger partial charge in [0.05, 0.1) is 17.6 Å². The van der Waals surface area contributed by atoms with Crippen LogP contribution in [-0.2, 0) is 6.54 Å². The third-order valence-electron chi connectivity index (χ3n) is 3.95. The number of hydrogen-bond acceptors (Lipinski definition) is 5. The Morgan fingerprint density at radius 3 is 2.46 bits per heavy atom. The topological polar surface area (TPSA) is 85.1 Å². The van der Waals surface area contributed by atoms with Gasteiger partial charge >= 0.3 is 5.97 Å². The van der Waals surface area contributed by atoms with Gasteiger partial charge in [0.2, 0.25) is 0 Å². The zero-order valence-electron chi connectivity index (χ0n) is 13.5. The van der Waals surface area contributed by atoms with Crippen LogP contribution in [0.5, 0.6) is 0 Å². The molecule has 0 aliphatic carbocycles. The lowest BCUT2D eigenvalue weighted by molar-refractivity contribution is 0.0690. The summed E-state index contributed by atoms with van der Waals surface area (Å²) >= 11 is 1.47. The molecular formula is C19H13N3O3S. The number of carbonyl (C=O) groups is 1. The molecule has 128 valence electrons. The van der Waals surface area contributed by atoms with Crippen LogP contribution in [0, 0.1) is 0 Å². The number of aromatic nitrogens is 3. The first-order valence-corrected chi connectivity index (χ1v) is 8.74. The van der Waals surface area contributed by atoms with Crippen LogP contribution in [-0.4, -0.2) is 25.8 Å². The smallest absolute Gasteiger partial charge is 0.357 e. The van der Waals surface area contributed by atoms with Crippen molar-refractivity contribution in [1.82, 2.24) is 14.8 Å². The van der Waals surface area contributed by atoms with Crippen LogP contribution >= 0.6 is 11.3 Å². The van der Waals surface area contributed by atoms with E-state index >= 15 is 0 Å². The number of carboxylic acid groups (broad SMARTS) is 1. The highest BCUT2D eigenvalue weighted by Crippen LogP contribution is 2.23. The van der Waals surface area contributed by atoms with E-state index in [0.29, 0.717) is 16.5 Å². The van der Waals surface area contributed by atoms with Gasteiger partial charge in [0, 0.05) is 16.3 Å². The molecule has 1 N–H and O–H groups in total. The number of aromatic carboxylic acids is 1. The number of rotatable bonds is 4. The fraction of sp³-hybridized carbons (Fsp3) is 0.0526. The van der Waals surface area contributed by atoms with Gasteiger partial charge in [-0.25, -0.2) is 14.5 Å². The monoisotopic (exact) mass is 363 g/mol. The first kappa shape index (κ1) is 16.2. The maximum absolute atomic E-state index is 12.7. The standard InChI is InChI=1S/C19H13N3O3S/c23-18-15-9-5-4-8-14(15)16(19(24)25)21-22(18)10-13-11-26-17(20-13)12-6-2-1-3-7-12/h1-9,11H,10H2,(H,24,25). The number of fused-ring (bicyclic) bond motifs is 1. The quantitative estimate of drug-likeness (QED) is 0.601. The fourth-order valence-corrected chi connectivity index (χ4v) is 3.56. The van der Waals surface area contributed by atoms with Gasteiger partial charge in [0.25, 0.3) is 5.56 Å². The second kappa shape index (κ2) is 6.53. The summed E-state index contributed by atoms with van der Waals surface area (Å²) in [7, 11) is 0. The number of benzene rings is 2. The summed E-state index contributed by atoms with van der Waals surface area (Å²) in [5.74, 6) is -1.17. The number of carboxylic acids is 1. The Balaban J connectivity index is 1.76. The second-order valence-corrected chi connectivity index (χ2v) is 6.53. The lowest BCUT2D eigenvalue weighted by Crippen LogP contribution is -2.26. The summed E-state index contributed by atoms with van der Waals surface area (Å²) in [6.45, 7) is 0.118. The number of hydrogen-bond donors (Lipinski definition) is 1. The highest BCUT2D eigenvalue weighted by molar-refractivity contribution is 7.13. The van der Waals surface area contributed by atoms with Crippen LogP contribution in [0.25, 0.3) is 21.3 Å². The minimum atomic E-state index is -1.17. The molecule has 0 aliphatic heterocycles. The first-order valence-electron chi connectivity index (χ1n) is 7.86. The molecule has 0 unspecified atom stereocenters. The van der Waals surface area contributed by atoms with Gasteiger partial charge in [-0.05, 0) is 6.07 Å². The summed E-state index contributed by atoms with van der Waals surface area (Å²) in [4.78, 5) is 28.7. The van der Waals surface area contributed by atoms with Crippen molar-refractivity contribution in [1.29, 1.82) is 0 Å². The molecule has 0 aliphatic rings. The maximum atomic E-state index is 12.7. The molecule has 4 rings (SSSR count). The van der Waals surface area contributed by atoms with Crippen molar-refractivity contribution >= 4 is 28.1 Å². The van der Waals surface area contributed by atoms with E-state index in [-0.39, 0.29) is 17.8 Å². The molecule has 0 fully saturated rings. The maximum Gasteiger partial charge on any atom is 0.357 e. The Bertz CT molecular complexity index is 1170. The number of thiazole rings is 1. The molecule has 2 aromatic heterocycles. The normalized spacial score (nSPS) is 10.9. The third-order valence-corrected chi connectivity index (χ3v) is 4.89. The molecule has 0 atom stereocenters. The molecule has 4 aromatic rings. The summed E-state index contributed by atoms with van der Waals surface area (Å²) in [6, 6.07) is 16.3. The number of nitrogens with zero attached hydrogens (tertiary/aromatic N) is 3. The molecule has 0 bridgehead atoms. The lowest BCUT2D eigenvalue weighted by Gasteiger charge is -2.07.